The lowest BCUT2D eigenvalue weighted by molar-refractivity contribution is 1.73. The summed E-state index contributed by atoms with van der Waals surface area (Å²) in [6, 6.07) is 0. The fourth-order valence-corrected chi connectivity index (χ4v) is 0.254. The maximum Gasteiger partial charge on any atom is -0.0467 e. The molecule has 0 aromatic heterocycles. The molecule has 0 aliphatic carbocycles. The molecule has 0 radical (unpaired) electrons. The third-order valence-corrected chi connectivity index (χ3v) is 0.551. The van der Waals surface area contributed by atoms with Crippen LogP contribution in [0.5, 0.6) is 0 Å². The van der Waals surface area contributed by atoms with Gasteiger partial charge < -0.3 is 0 Å². The van der Waals surface area contributed by atoms with Gasteiger partial charge in [0, 0.05) is 0 Å². The van der Waals surface area contributed by atoms with Gasteiger partial charge in [0.15, 0.2) is 0 Å². The summed E-state index contributed by atoms with van der Waals surface area (Å²) in [5.41, 5.74) is 0. The molecule has 0 spiro atoms. The molecule has 0 bridgehead atoms. The first-order valence-corrected chi connectivity index (χ1v) is 2.32. The number of hydrogen-bond acceptors (Lipinski definition) is 0. The van der Waals surface area contributed by atoms with Crippen molar-refractivity contribution in [1.29, 1.82) is 0 Å². The van der Waals surface area contributed by atoms with E-state index in [1.165, 1.54) is 0 Å². The molecule has 0 heterocycles. The smallest absolute Gasteiger partial charge is 0.0467 e. The second kappa shape index (κ2) is 15.7. The highest BCUT2D eigenvalue weighted by Gasteiger charge is 1.52. The Morgan fingerprint density at radius 3 is 1.89 bits per heavy atom. The molecule has 0 aromatic carbocycles. The van der Waals surface area contributed by atoms with E-state index in [1.807, 2.05) is 31.2 Å². The minimum Gasteiger partial charge on any atom is -0.0991 e. The van der Waals surface area contributed by atoms with Gasteiger partial charge >= 0.3 is 0 Å². The Morgan fingerprint density at radius 1 is 1.00 bits per heavy atom. The van der Waals surface area contributed by atoms with Crippen molar-refractivity contribution in [3.05, 3.63) is 37.0 Å². The molecular formula is C9H18. The molecule has 0 saturated carbocycles. The summed E-state index contributed by atoms with van der Waals surface area (Å²) in [5, 5.41) is 0. The largest absolute Gasteiger partial charge is 0.0991 e. The molecule has 0 nitrogen and oxygen atoms in total. The van der Waals surface area contributed by atoms with Crippen LogP contribution in [-0.2, 0) is 0 Å². The van der Waals surface area contributed by atoms with E-state index in [2.05, 4.69) is 6.58 Å². The molecule has 0 atom stereocenters. The number of allylic oxidation sites excluding steroid dienone is 5. The first-order chi connectivity index (χ1) is 3.41. The highest BCUT2D eigenvalue weighted by Crippen LogP contribution is 1.74. The van der Waals surface area contributed by atoms with E-state index >= 15 is 0 Å². The second-order valence-electron chi connectivity index (χ2n) is 1.15. The van der Waals surface area contributed by atoms with E-state index in [4.69, 9.17) is 0 Å². The summed E-state index contributed by atoms with van der Waals surface area (Å²) in [4.78, 5) is 0. The van der Waals surface area contributed by atoms with Gasteiger partial charge in [-0.25, -0.2) is 0 Å². The van der Waals surface area contributed by atoms with Crippen molar-refractivity contribution >= 4 is 0 Å². The van der Waals surface area contributed by atoms with Gasteiger partial charge in [-0.3, -0.25) is 0 Å². The summed E-state index contributed by atoms with van der Waals surface area (Å²) >= 11 is 0. The predicted molar refractivity (Wildman–Crippen MR) is 47.6 cm³/mol. The molecular weight excluding hydrogens is 108 g/mol. The Balaban J connectivity index is -0.000000180. The van der Waals surface area contributed by atoms with Gasteiger partial charge in [0.05, 0.1) is 0 Å². The van der Waals surface area contributed by atoms with Crippen molar-refractivity contribution in [3.63, 3.8) is 0 Å². The molecule has 0 aliphatic heterocycles. The first kappa shape index (κ1) is 15.7. The lowest BCUT2D eigenvalue weighted by atomic mass is 10.4. The Labute approximate surface area is 59.6 Å². The van der Waals surface area contributed by atoms with Gasteiger partial charge in [-0.05, 0) is 6.92 Å². The molecule has 0 aromatic rings. The zero-order chi connectivity index (χ0) is 5.54. The summed E-state index contributed by atoms with van der Waals surface area (Å²) in [6.07, 6.45) is 9.51. The van der Waals surface area contributed by atoms with Crippen LogP contribution in [0.1, 0.15) is 21.8 Å². The molecule has 0 N–H and O–H groups in total. The van der Waals surface area contributed by atoms with Crippen LogP contribution in [-0.4, -0.2) is 0 Å². The summed E-state index contributed by atoms with van der Waals surface area (Å²) in [5.74, 6) is 0. The maximum atomic E-state index is 3.51. The van der Waals surface area contributed by atoms with Crippen LogP contribution in [0.15, 0.2) is 37.0 Å². The molecule has 0 aliphatic rings. The Kier molecular flexibility index (Phi) is 27.4. The lowest BCUT2D eigenvalue weighted by Crippen LogP contribution is -1.43. The molecule has 0 rings (SSSR count). The predicted octanol–water partition coefficient (Wildman–Crippen LogP) is 3.58. The SMILES string of the molecule is C.C.C=C/C=C\C=C/C. The number of rotatable bonds is 2. The Morgan fingerprint density at radius 2 is 1.56 bits per heavy atom. The zero-order valence-electron chi connectivity index (χ0n) is 4.59. The van der Waals surface area contributed by atoms with Crippen LogP contribution in [0, 0.1) is 0 Å². The highest BCUT2D eigenvalue weighted by atomic mass is 13.6. The average molecular weight is 126 g/mol. The Hall–Kier alpha value is -0.780. The fourth-order valence-electron chi connectivity index (χ4n) is 0.254. The minimum atomic E-state index is 0. The van der Waals surface area contributed by atoms with Gasteiger partial charge in [-0.15, -0.1) is 0 Å². The minimum absolute atomic E-state index is 0. The lowest BCUT2D eigenvalue weighted by Gasteiger charge is -1.65. The topological polar surface area (TPSA) is 0 Å². The van der Waals surface area contributed by atoms with Crippen LogP contribution >= 0.6 is 0 Å². The molecule has 0 saturated heterocycles. The average Bonchev–Trinajstić information content (AvgIpc) is 1.69. The van der Waals surface area contributed by atoms with E-state index in [9.17, 15) is 0 Å². The highest BCUT2D eigenvalue weighted by molar-refractivity contribution is 5.07. The van der Waals surface area contributed by atoms with Gasteiger partial charge in [0.2, 0.25) is 0 Å². The van der Waals surface area contributed by atoms with Crippen LogP contribution in [0.2, 0.25) is 0 Å². The van der Waals surface area contributed by atoms with Gasteiger partial charge in [0.25, 0.3) is 0 Å². The van der Waals surface area contributed by atoms with Crippen molar-refractivity contribution in [2.24, 2.45) is 0 Å². The molecule has 54 valence electrons. The quantitative estimate of drug-likeness (QED) is 0.496. The Bertz CT molecular complexity index is 86.2. The van der Waals surface area contributed by atoms with Gasteiger partial charge in [-0.1, -0.05) is 51.8 Å². The van der Waals surface area contributed by atoms with Crippen molar-refractivity contribution in [3.8, 4) is 0 Å². The molecule has 9 heavy (non-hydrogen) atoms. The van der Waals surface area contributed by atoms with E-state index in [0.717, 1.165) is 0 Å². The van der Waals surface area contributed by atoms with Crippen molar-refractivity contribution in [2.45, 2.75) is 21.8 Å². The third kappa shape index (κ3) is 19.0. The summed E-state index contributed by atoms with van der Waals surface area (Å²) in [7, 11) is 0. The second-order valence-corrected chi connectivity index (χ2v) is 1.15. The first-order valence-electron chi connectivity index (χ1n) is 2.32. The normalized spacial score (nSPS) is 8.56. The van der Waals surface area contributed by atoms with Gasteiger partial charge in [0.1, 0.15) is 0 Å². The summed E-state index contributed by atoms with van der Waals surface area (Å²) < 4.78 is 0. The van der Waals surface area contributed by atoms with E-state index in [1.54, 1.807) is 6.08 Å². The van der Waals surface area contributed by atoms with E-state index in [-0.39, 0.29) is 14.9 Å². The molecule has 0 heteroatoms. The standard InChI is InChI=1S/C7H10.2CH4/c1-3-5-7-6-4-2;;/h3-7H,1H2,2H3;2*1H4/b6-4-,7-5-;;. The summed E-state index contributed by atoms with van der Waals surface area (Å²) in [6.45, 7) is 5.49. The van der Waals surface area contributed by atoms with Crippen molar-refractivity contribution in [2.75, 3.05) is 0 Å². The fraction of sp³-hybridized carbons (Fsp3) is 0.333. The monoisotopic (exact) mass is 126 g/mol. The van der Waals surface area contributed by atoms with Crippen LogP contribution in [0.25, 0.3) is 0 Å². The maximum absolute atomic E-state index is 3.51. The molecule has 0 amide bonds. The van der Waals surface area contributed by atoms with Crippen LogP contribution in [0.3, 0.4) is 0 Å². The van der Waals surface area contributed by atoms with Crippen molar-refractivity contribution in [1.82, 2.24) is 0 Å². The van der Waals surface area contributed by atoms with Crippen molar-refractivity contribution < 1.29 is 0 Å². The van der Waals surface area contributed by atoms with Crippen LogP contribution < -0.4 is 0 Å². The van der Waals surface area contributed by atoms with E-state index < -0.39 is 0 Å². The molecule has 0 fully saturated rings. The van der Waals surface area contributed by atoms with E-state index in [0.29, 0.717) is 0 Å². The third-order valence-electron chi connectivity index (χ3n) is 0.551. The number of hydrogen-bond donors (Lipinski definition) is 0. The zero-order valence-corrected chi connectivity index (χ0v) is 4.59. The van der Waals surface area contributed by atoms with Gasteiger partial charge in [-0.2, -0.15) is 0 Å². The molecule has 0 unspecified atom stereocenters. The van der Waals surface area contributed by atoms with Crippen LogP contribution in [0.4, 0.5) is 0 Å².